The third kappa shape index (κ3) is 6.22. The molecule has 2 aliphatic rings. The van der Waals surface area contributed by atoms with Gasteiger partial charge in [-0.15, -0.1) is 0 Å². The van der Waals surface area contributed by atoms with E-state index < -0.39 is 12.8 Å². The van der Waals surface area contributed by atoms with Gasteiger partial charge in [0.15, 0.2) is 0 Å². The van der Waals surface area contributed by atoms with Gasteiger partial charge in [0.25, 0.3) is 0 Å². The summed E-state index contributed by atoms with van der Waals surface area (Å²) >= 11 is 0. The maximum atomic E-state index is 12.0. The predicted molar refractivity (Wildman–Crippen MR) is 82.7 cm³/mol. The first-order valence-corrected chi connectivity index (χ1v) is 8.65. The number of nitrogens with zero attached hydrogens (tertiary/aromatic N) is 1. The second-order valence-corrected chi connectivity index (χ2v) is 6.58. The molecule has 0 aromatic carbocycles. The number of morpholine rings is 1. The molecule has 1 aliphatic heterocycles. The van der Waals surface area contributed by atoms with Gasteiger partial charge in [-0.05, 0) is 12.8 Å². The molecular weight excluding hydrogens is 325 g/mol. The smallest absolute Gasteiger partial charge is 0.379 e. The summed E-state index contributed by atoms with van der Waals surface area (Å²) in [6.07, 6.45) is 1.18. The van der Waals surface area contributed by atoms with Crippen LogP contribution in [0, 0.1) is 0 Å². The molecule has 0 aromatic rings. The SMILES string of the molecule is O=C(CCOCC(F)(F)F)NCC1(N2CCOCC2)CCCCC1. The van der Waals surface area contributed by atoms with Gasteiger partial charge in [0.2, 0.25) is 5.91 Å². The lowest BCUT2D eigenvalue weighted by Crippen LogP contribution is -2.59. The standard InChI is InChI=1S/C16H27F3N2O3/c17-16(18,19)13-24-9-4-14(22)20-12-15(5-2-1-3-6-15)21-7-10-23-11-8-21/h1-13H2,(H,20,22). The Morgan fingerprint density at radius 3 is 2.46 bits per heavy atom. The highest BCUT2D eigenvalue weighted by Crippen LogP contribution is 2.33. The van der Waals surface area contributed by atoms with Crippen molar-refractivity contribution < 1.29 is 27.4 Å². The summed E-state index contributed by atoms with van der Waals surface area (Å²) in [5.41, 5.74) is -0.0372. The maximum Gasteiger partial charge on any atom is 0.411 e. The van der Waals surface area contributed by atoms with Gasteiger partial charge in [0, 0.05) is 31.6 Å². The highest BCUT2D eigenvalue weighted by Gasteiger charge is 2.38. The molecule has 0 unspecified atom stereocenters. The number of nitrogens with one attached hydrogen (secondary N) is 1. The molecule has 140 valence electrons. The van der Waals surface area contributed by atoms with Crippen LogP contribution in [-0.2, 0) is 14.3 Å². The summed E-state index contributed by atoms with van der Waals surface area (Å²) in [6, 6.07) is 0. The van der Waals surface area contributed by atoms with Gasteiger partial charge in [-0.25, -0.2) is 0 Å². The van der Waals surface area contributed by atoms with Gasteiger partial charge >= 0.3 is 6.18 Å². The molecule has 0 aromatic heterocycles. The van der Waals surface area contributed by atoms with Crippen molar-refractivity contribution in [1.29, 1.82) is 0 Å². The molecule has 1 amide bonds. The number of hydrogen-bond donors (Lipinski definition) is 1. The molecule has 1 heterocycles. The Kier molecular flexibility index (Phi) is 7.31. The fourth-order valence-corrected chi connectivity index (χ4v) is 3.56. The minimum Gasteiger partial charge on any atom is -0.379 e. The summed E-state index contributed by atoms with van der Waals surface area (Å²) in [6.45, 7) is 2.18. The van der Waals surface area contributed by atoms with Crippen LogP contribution in [0.4, 0.5) is 13.2 Å². The van der Waals surface area contributed by atoms with E-state index >= 15 is 0 Å². The zero-order valence-corrected chi connectivity index (χ0v) is 14.0. The van der Waals surface area contributed by atoms with Gasteiger partial charge < -0.3 is 14.8 Å². The van der Waals surface area contributed by atoms with E-state index in [1.165, 1.54) is 6.42 Å². The van der Waals surface area contributed by atoms with Crippen molar-refractivity contribution in [1.82, 2.24) is 10.2 Å². The Bertz CT molecular complexity index is 393. The first kappa shape index (κ1) is 19.5. The number of amides is 1. The molecule has 0 atom stereocenters. The van der Waals surface area contributed by atoms with Crippen LogP contribution in [0.15, 0.2) is 0 Å². The van der Waals surface area contributed by atoms with Crippen molar-refractivity contribution in [2.24, 2.45) is 0 Å². The van der Waals surface area contributed by atoms with Crippen molar-refractivity contribution in [2.75, 3.05) is 46.1 Å². The van der Waals surface area contributed by atoms with Crippen LogP contribution in [-0.4, -0.2) is 68.6 Å². The molecule has 0 spiro atoms. The average molecular weight is 352 g/mol. The first-order chi connectivity index (χ1) is 11.4. The van der Waals surface area contributed by atoms with Crippen LogP contribution >= 0.6 is 0 Å². The Labute approximate surface area is 140 Å². The van der Waals surface area contributed by atoms with Crippen molar-refractivity contribution in [3.05, 3.63) is 0 Å². The lowest BCUT2D eigenvalue weighted by atomic mass is 9.79. The van der Waals surface area contributed by atoms with Crippen LogP contribution in [0.25, 0.3) is 0 Å². The topological polar surface area (TPSA) is 50.8 Å². The second-order valence-electron chi connectivity index (χ2n) is 6.58. The van der Waals surface area contributed by atoms with E-state index in [4.69, 9.17) is 4.74 Å². The maximum absolute atomic E-state index is 12.0. The number of carbonyl (C=O) groups excluding carboxylic acids is 1. The number of halogens is 3. The van der Waals surface area contributed by atoms with Gasteiger partial charge in [0.05, 0.1) is 19.8 Å². The first-order valence-electron chi connectivity index (χ1n) is 8.65. The molecule has 2 fully saturated rings. The fourth-order valence-electron chi connectivity index (χ4n) is 3.56. The Balaban J connectivity index is 1.76. The van der Waals surface area contributed by atoms with Crippen molar-refractivity contribution >= 4 is 5.91 Å². The fraction of sp³-hybridized carbons (Fsp3) is 0.938. The zero-order chi connectivity index (χ0) is 17.5. The van der Waals surface area contributed by atoms with Crippen molar-refractivity contribution in [3.63, 3.8) is 0 Å². The monoisotopic (exact) mass is 352 g/mol. The molecule has 1 N–H and O–H groups in total. The minimum absolute atomic E-state index is 0.0372. The number of ether oxygens (including phenoxy) is 2. The lowest BCUT2D eigenvalue weighted by molar-refractivity contribution is -0.174. The van der Waals surface area contributed by atoms with Gasteiger partial charge in [-0.3, -0.25) is 9.69 Å². The van der Waals surface area contributed by atoms with E-state index in [1.807, 2.05) is 0 Å². The Morgan fingerprint density at radius 1 is 1.17 bits per heavy atom. The molecule has 1 saturated carbocycles. The third-order valence-electron chi connectivity index (χ3n) is 4.82. The molecule has 1 saturated heterocycles. The highest BCUT2D eigenvalue weighted by molar-refractivity contribution is 5.76. The van der Waals surface area contributed by atoms with Crippen LogP contribution in [0.1, 0.15) is 38.5 Å². The van der Waals surface area contributed by atoms with E-state index in [1.54, 1.807) is 0 Å². The molecule has 8 heteroatoms. The Hall–Kier alpha value is -0.860. The Morgan fingerprint density at radius 2 is 1.83 bits per heavy atom. The molecule has 2 rings (SSSR count). The number of rotatable bonds is 7. The van der Waals surface area contributed by atoms with Gasteiger partial charge in [-0.2, -0.15) is 13.2 Å². The number of carbonyl (C=O) groups is 1. The highest BCUT2D eigenvalue weighted by atomic mass is 19.4. The second kappa shape index (κ2) is 9.01. The number of hydrogen-bond acceptors (Lipinski definition) is 4. The van der Waals surface area contributed by atoms with Crippen LogP contribution in [0.3, 0.4) is 0 Å². The van der Waals surface area contributed by atoms with Crippen LogP contribution in [0.2, 0.25) is 0 Å². The minimum atomic E-state index is -4.35. The summed E-state index contributed by atoms with van der Waals surface area (Å²) in [5, 5.41) is 2.91. The molecule has 0 radical (unpaired) electrons. The van der Waals surface area contributed by atoms with Crippen LogP contribution in [0.5, 0.6) is 0 Å². The zero-order valence-electron chi connectivity index (χ0n) is 14.0. The van der Waals surface area contributed by atoms with Gasteiger partial charge in [-0.1, -0.05) is 19.3 Å². The molecule has 1 aliphatic carbocycles. The summed E-state index contributed by atoms with van der Waals surface area (Å²) in [4.78, 5) is 14.3. The molecule has 0 bridgehead atoms. The van der Waals surface area contributed by atoms with E-state index in [0.717, 1.165) is 38.8 Å². The van der Waals surface area contributed by atoms with Crippen molar-refractivity contribution in [2.45, 2.75) is 50.2 Å². The van der Waals surface area contributed by atoms with Crippen molar-refractivity contribution in [3.8, 4) is 0 Å². The summed E-state index contributed by atoms with van der Waals surface area (Å²) in [5.74, 6) is -0.254. The average Bonchev–Trinajstić information content (AvgIpc) is 2.58. The third-order valence-corrected chi connectivity index (χ3v) is 4.82. The summed E-state index contributed by atoms with van der Waals surface area (Å²) < 4.78 is 45.9. The lowest BCUT2D eigenvalue weighted by Gasteiger charge is -2.48. The quantitative estimate of drug-likeness (QED) is 0.713. The van der Waals surface area contributed by atoms with E-state index in [-0.39, 0.29) is 24.5 Å². The van der Waals surface area contributed by atoms with E-state index in [0.29, 0.717) is 19.8 Å². The van der Waals surface area contributed by atoms with Crippen LogP contribution < -0.4 is 5.32 Å². The summed E-state index contributed by atoms with van der Waals surface area (Å²) in [7, 11) is 0. The van der Waals surface area contributed by atoms with E-state index in [9.17, 15) is 18.0 Å². The molecule has 24 heavy (non-hydrogen) atoms. The largest absolute Gasteiger partial charge is 0.411 e. The van der Waals surface area contributed by atoms with E-state index in [2.05, 4.69) is 15.0 Å². The molecular formula is C16H27F3N2O3. The molecule has 5 nitrogen and oxygen atoms in total. The number of alkyl halides is 3. The predicted octanol–water partition coefficient (Wildman–Crippen LogP) is 2.11. The van der Waals surface area contributed by atoms with Gasteiger partial charge in [0.1, 0.15) is 6.61 Å². The normalized spacial score (nSPS) is 22.3.